The van der Waals surface area contributed by atoms with Crippen molar-refractivity contribution in [1.29, 1.82) is 0 Å². The van der Waals surface area contributed by atoms with E-state index in [1.54, 1.807) is 11.8 Å². The summed E-state index contributed by atoms with van der Waals surface area (Å²) >= 11 is 1.72. The second kappa shape index (κ2) is 6.31. The van der Waals surface area contributed by atoms with Crippen LogP contribution in [0.4, 0.5) is 0 Å². The van der Waals surface area contributed by atoms with Crippen LogP contribution in [-0.2, 0) is 4.79 Å². The topological polar surface area (TPSA) is 44.7 Å². The first kappa shape index (κ1) is 13.5. The molecule has 3 rings (SSSR count). The number of rotatable bonds is 3. The van der Waals surface area contributed by atoms with Crippen molar-refractivity contribution in [1.82, 2.24) is 10.2 Å². The zero-order chi connectivity index (χ0) is 13.8. The molecule has 1 unspecified atom stereocenters. The Bertz CT molecular complexity index is 497. The smallest absolute Gasteiger partial charge is 0.241 e. The van der Waals surface area contributed by atoms with Crippen LogP contribution in [0.5, 0.6) is 0 Å². The SMILES string of the molecule is O=C(CNC1=NCC(c2ccccc2)S1)N1CCCC1. The quantitative estimate of drug-likeness (QED) is 0.926. The molecule has 2 aliphatic rings. The molecule has 0 aromatic heterocycles. The van der Waals surface area contributed by atoms with Crippen molar-refractivity contribution < 1.29 is 4.79 Å². The van der Waals surface area contributed by atoms with Gasteiger partial charge in [-0.3, -0.25) is 9.79 Å². The molecular weight excluding hydrogens is 270 g/mol. The number of carbonyl (C=O) groups is 1. The molecule has 0 aliphatic carbocycles. The number of carbonyl (C=O) groups excluding carboxylic acids is 1. The van der Waals surface area contributed by atoms with Gasteiger partial charge in [-0.2, -0.15) is 0 Å². The molecule has 4 nitrogen and oxygen atoms in total. The van der Waals surface area contributed by atoms with Gasteiger partial charge >= 0.3 is 0 Å². The fraction of sp³-hybridized carbons (Fsp3) is 0.467. The zero-order valence-electron chi connectivity index (χ0n) is 11.4. The number of hydrogen-bond donors (Lipinski definition) is 1. The fourth-order valence-corrected chi connectivity index (χ4v) is 3.56. The lowest BCUT2D eigenvalue weighted by Crippen LogP contribution is -2.37. The number of aliphatic imine (C=N–C) groups is 1. The van der Waals surface area contributed by atoms with E-state index in [2.05, 4.69) is 34.6 Å². The molecule has 2 aliphatic heterocycles. The van der Waals surface area contributed by atoms with Crippen LogP contribution in [0.25, 0.3) is 0 Å². The molecule has 1 N–H and O–H groups in total. The lowest BCUT2D eigenvalue weighted by atomic mass is 10.1. The minimum absolute atomic E-state index is 0.189. The van der Waals surface area contributed by atoms with E-state index in [1.807, 2.05) is 11.0 Å². The third kappa shape index (κ3) is 3.15. The molecule has 0 spiro atoms. The molecule has 0 radical (unpaired) electrons. The Balaban J connectivity index is 1.47. The number of nitrogens with zero attached hydrogens (tertiary/aromatic N) is 2. The van der Waals surface area contributed by atoms with E-state index in [1.165, 1.54) is 5.56 Å². The predicted molar refractivity (Wildman–Crippen MR) is 82.9 cm³/mol. The number of amides is 1. The third-order valence-corrected chi connectivity index (χ3v) is 4.88. The van der Waals surface area contributed by atoms with Gasteiger partial charge in [0, 0.05) is 13.1 Å². The van der Waals surface area contributed by atoms with E-state index in [9.17, 15) is 4.79 Å². The molecule has 2 heterocycles. The van der Waals surface area contributed by atoms with E-state index < -0.39 is 0 Å². The highest BCUT2D eigenvalue weighted by atomic mass is 32.2. The average molecular weight is 289 g/mol. The molecular formula is C15H19N3OS. The molecule has 1 aromatic rings. The van der Waals surface area contributed by atoms with Crippen LogP contribution in [-0.4, -0.2) is 42.2 Å². The summed E-state index contributed by atoms with van der Waals surface area (Å²) in [6.07, 6.45) is 2.27. The van der Waals surface area contributed by atoms with Crippen molar-refractivity contribution >= 4 is 22.8 Å². The highest BCUT2D eigenvalue weighted by molar-refractivity contribution is 8.14. The lowest BCUT2D eigenvalue weighted by molar-refractivity contribution is -0.128. The van der Waals surface area contributed by atoms with Crippen molar-refractivity contribution in [2.45, 2.75) is 18.1 Å². The van der Waals surface area contributed by atoms with Crippen molar-refractivity contribution in [2.24, 2.45) is 4.99 Å². The second-order valence-corrected chi connectivity index (χ2v) is 6.30. The number of benzene rings is 1. The Morgan fingerprint density at radius 2 is 2.05 bits per heavy atom. The van der Waals surface area contributed by atoms with Gasteiger partial charge in [-0.05, 0) is 18.4 Å². The summed E-state index contributed by atoms with van der Waals surface area (Å²) < 4.78 is 0. The largest absolute Gasteiger partial charge is 0.356 e. The predicted octanol–water partition coefficient (Wildman–Crippen LogP) is 2.04. The van der Waals surface area contributed by atoms with Crippen LogP contribution in [0, 0.1) is 0 Å². The standard InChI is InChI=1S/C15H19N3OS/c19-14(18-8-4-5-9-18)11-17-15-16-10-13(20-15)12-6-2-1-3-7-12/h1-3,6-7,13H,4-5,8-11H2,(H,16,17). The van der Waals surface area contributed by atoms with Gasteiger partial charge in [0.1, 0.15) is 0 Å². The van der Waals surface area contributed by atoms with Crippen molar-refractivity contribution in [3.63, 3.8) is 0 Å². The highest BCUT2D eigenvalue weighted by Crippen LogP contribution is 2.34. The number of hydrogen-bond acceptors (Lipinski definition) is 4. The molecule has 20 heavy (non-hydrogen) atoms. The normalized spacial score (nSPS) is 21.9. The van der Waals surface area contributed by atoms with Crippen molar-refractivity contribution in [3.8, 4) is 0 Å². The number of likely N-dealkylation sites (tertiary alicyclic amines) is 1. The van der Waals surface area contributed by atoms with E-state index in [0.29, 0.717) is 11.8 Å². The number of amidine groups is 1. The lowest BCUT2D eigenvalue weighted by Gasteiger charge is -2.16. The fourth-order valence-electron chi connectivity index (χ4n) is 2.54. The molecule has 1 aromatic carbocycles. The van der Waals surface area contributed by atoms with Gasteiger partial charge in [0.05, 0.1) is 18.3 Å². The Morgan fingerprint density at radius 1 is 1.30 bits per heavy atom. The van der Waals surface area contributed by atoms with E-state index in [-0.39, 0.29) is 5.91 Å². The number of thioether (sulfide) groups is 1. The Kier molecular flexibility index (Phi) is 4.25. The first-order valence-corrected chi connectivity index (χ1v) is 7.98. The van der Waals surface area contributed by atoms with Crippen LogP contribution in [0.1, 0.15) is 23.7 Å². The summed E-state index contributed by atoms with van der Waals surface area (Å²) in [4.78, 5) is 18.4. The summed E-state index contributed by atoms with van der Waals surface area (Å²) in [5, 5.41) is 4.45. The van der Waals surface area contributed by atoms with Crippen LogP contribution < -0.4 is 5.32 Å². The summed E-state index contributed by atoms with van der Waals surface area (Å²) in [5.74, 6) is 0.189. The van der Waals surface area contributed by atoms with E-state index >= 15 is 0 Å². The maximum Gasteiger partial charge on any atom is 0.241 e. The number of nitrogens with one attached hydrogen (secondary N) is 1. The molecule has 1 atom stereocenters. The molecule has 1 fully saturated rings. The zero-order valence-corrected chi connectivity index (χ0v) is 12.2. The summed E-state index contributed by atoms with van der Waals surface area (Å²) in [5.41, 5.74) is 1.30. The Hall–Kier alpha value is -1.49. The van der Waals surface area contributed by atoms with Crippen LogP contribution >= 0.6 is 11.8 Å². The molecule has 5 heteroatoms. The molecule has 106 valence electrons. The summed E-state index contributed by atoms with van der Waals surface area (Å²) in [6, 6.07) is 10.4. The van der Waals surface area contributed by atoms with Crippen LogP contribution in [0.2, 0.25) is 0 Å². The van der Waals surface area contributed by atoms with Gasteiger partial charge < -0.3 is 10.2 Å². The maximum absolute atomic E-state index is 12.0. The summed E-state index contributed by atoms with van der Waals surface area (Å²) in [7, 11) is 0. The van der Waals surface area contributed by atoms with Crippen molar-refractivity contribution in [2.75, 3.05) is 26.2 Å². The molecule has 1 amide bonds. The second-order valence-electron chi connectivity index (χ2n) is 5.10. The van der Waals surface area contributed by atoms with Gasteiger partial charge in [0.25, 0.3) is 0 Å². The Morgan fingerprint density at radius 3 is 2.80 bits per heavy atom. The van der Waals surface area contributed by atoms with Gasteiger partial charge in [-0.25, -0.2) is 0 Å². The molecule has 0 saturated carbocycles. The average Bonchev–Trinajstić information content (AvgIpc) is 3.17. The third-order valence-electron chi connectivity index (χ3n) is 3.68. The van der Waals surface area contributed by atoms with Crippen molar-refractivity contribution in [3.05, 3.63) is 35.9 Å². The first-order valence-electron chi connectivity index (χ1n) is 7.10. The summed E-state index contributed by atoms with van der Waals surface area (Å²) in [6.45, 7) is 2.97. The van der Waals surface area contributed by atoms with Gasteiger partial charge in [0.15, 0.2) is 5.17 Å². The Labute approximate surface area is 123 Å². The van der Waals surface area contributed by atoms with Gasteiger partial charge in [-0.1, -0.05) is 42.1 Å². The van der Waals surface area contributed by atoms with E-state index in [4.69, 9.17) is 0 Å². The minimum Gasteiger partial charge on any atom is -0.356 e. The van der Waals surface area contributed by atoms with E-state index in [0.717, 1.165) is 37.6 Å². The molecule has 0 bridgehead atoms. The van der Waals surface area contributed by atoms with Crippen LogP contribution in [0.3, 0.4) is 0 Å². The van der Waals surface area contributed by atoms with Gasteiger partial charge in [0.2, 0.25) is 5.91 Å². The maximum atomic E-state index is 12.0. The minimum atomic E-state index is 0.189. The van der Waals surface area contributed by atoms with Crippen LogP contribution in [0.15, 0.2) is 35.3 Å². The highest BCUT2D eigenvalue weighted by Gasteiger charge is 2.23. The molecule has 1 saturated heterocycles. The monoisotopic (exact) mass is 289 g/mol. The first-order chi connectivity index (χ1) is 9.83. The van der Waals surface area contributed by atoms with Gasteiger partial charge in [-0.15, -0.1) is 0 Å².